The standard InChI is InChI=1S/C31H22S/c1-31(2)26-14-5-3-10-22(26)24-13-8-12-21(30(24)31)20-17-19-9-7-16-28-29(19)25(18-20)23-11-4-6-15-27(23)32-28/h3-18H,1-2H3. The first-order valence-electron chi connectivity index (χ1n) is 11.2. The van der Waals surface area contributed by atoms with E-state index in [1.54, 1.807) is 0 Å². The third-order valence-corrected chi connectivity index (χ3v) is 8.36. The Hall–Kier alpha value is -3.29. The molecule has 0 aromatic heterocycles. The van der Waals surface area contributed by atoms with Gasteiger partial charge in [0.05, 0.1) is 0 Å². The van der Waals surface area contributed by atoms with Crippen LogP contribution < -0.4 is 0 Å². The molecule has 5 aromatic rings. The van der Waals surface area contributed by atoms with E-state index >= 15 is 0 Å². The average Bonchev–Trinajstić information content (AvgIpc) is 3.06. The van der Waals surface area contributed by atoms with E-state index in [0.29, 0.717) is 0 Å². The van der Waals surface area contributed by atoms with E-state index in [1.807, 2.05) is 11.8 Å². The zero-order valence-corrected chi connectivity index (χ0v) is 19.0. The third-order valence-electron chi connectivity index (χ3n) is 7.23. The molecular formula is C31H22S. The van der Waals surface area contributed by atoms with Crippen molar-refractivity contribution >= 4 is 22.5 Å². The molecule has 1 aliphatic heterocycles. The van der Waals surface area contributed by atoms with Crippen LogP contribution in [0.1, 0.15) is 25.0 Å². The minimum atomic E-state index is -0.0235. The van der Waals surface area contributed by atoms with Gasteiger partial charge in [-0.2, -0.15) is 0 Å². The second-order valence-electron chi connectivity index (χ2n) is 9.38. The van der Waals surface area contributed by atoms with Gasteiger partial charge in [-0.25, -0.2) is 0 Å². The molecule has 0 saturated carbocycles. The largest absolute Gasteiger partial charge is 0.0888 e. The van der Waals surface area contributed by atoms with Gasteiger partial charge in [-0.05, 0) is 74.2 Å². The molecule has 0 saturated heterocycles. The lowest BCUT2D eigenvalue weighted by Gasteiger charge is -2.26. The molecule has 0 radical (unpaired) electrons. The Morgan fingerprint density at radius 1 is 0.562 bits per heavy atom. The van der Waals surface area contributed by atoms with Gasteiger partial charge in [-0.3, -0.25) is 0 Å². The summed E-state index contributed by atoms with van der Waals surface area (Å²) in [4.78, 5) is 2.70. The van der Waals surface area contributed by atoms with Crippen molar-refractivity contribution in [2.45, 2.75) is 29.1 Å². The van der Waals surface area contributed by atoms with Gasteiger partial charge in [-0.1, -0.05) is 98.4 Å². The first-order chi connectivity index (χ1) is 15.6. The summed E-state index contributed by atoms with van der Waals surface area (Å²) in [7, 11) is 0. The minimum absolute atomic E-state index is 0.0235. The summed E-state index contributed by atoms with van der Waals surface area (Å²) >= 11 is 1.89. The van der Waals surface area contributed by atoms with E-state index in [0.717, 1.165) is 0 Å². The minimum Gasteiger partial charge on any atom is -0.0888 e. The maximum Gasteiger partial charge on any atom is 0.0207 e. The summed E-state index contributed by atoms with van der Waals surface area (Å²) in [5.41, 5.74) is 11.0. The smallest absolute Gasteiger partial charge is 0.0207 e. The molecule has 32 heavy (non-hydrogen) atoms. The van der Waals surface area contributed by atoms with Gasteiger partial charge >= 0.3 is 0 Å². The van der Waals surface area contributed by atoms with Crippen molar-refractivity contribution in [1.82, 2.24) is 0 Å². The number of rotatable bonds is 1. The first kappa shape index (κ1) is 18.3. The lowest BCUT2D eigenvalue weighted by molar-refractivity contribution is 0.662. The predicted molar refractivity (Wildman–Crippen MR) is 137 cm³/mol. The van der Waals surface area contributed by atoms with E-state index in [1.165, 1.54) is 65.1 Å². The number of benzene rings is 5. The Morgan fingerprint density at radius 2 is 1.25 bits per heavy atom. The van der Waals surface area contributed by atoms with Crippen LogP contribution in [-0.4, -0.2) is 0 Å². The SMILES string of the molecule is CC1(C)c2ccccc2-c2cccc(-c3cc4c5c(cccc5c3)Sc3ccccc3-4)c21. The van der Waals surface area contributed by atoms with Gasteiger partial charge in [0.15, 0.2) is 0 Å². The van der Waals surface area contributed by atoms with E-state index in [4.69, 9.17) is 0 Å². The van der Waals surface area contributed by atoms with Crippen molar-refractivity contribution in [1.29, 1.82) is 0 Å². The van der Waals surface area contributed by atoms with Gasteiger partial charge in [0.25, 0.3) is 0 Å². The van der Waals surface area contributed by atoms with Crippen molar-refractivity contribution in [3.05, 3.63) is 108 Å². The Kier molecular flexibility index (Phi) is 3.64. The molecule has 0 spiro atoms. The highest BCUT2D eigenvalue weighted by Gasteiger charge is 2.37. The van der Waals surface area contributed by atoms with Crippen molar-refractivity contribution in [3.63, 3.8) is 0 Å². The molecule has 1 aliphatic carbocycles. The molecule has 152 valence electrons. The zero-order chi connectivity index (χ0) is 21.4. The fourth-order valence-electron chi connectivity index (χ4n) is 5.83. The lowest BCUT2D eigenvalue weighted by atomic mass is 9.78. The molecule has 0 fully saturated rings. The summed E-state index contributed by atoms with van der Waals surface area (Å²) in [5, 5.41) is 2.71. The molecule has 0 unspecified atom stereocenters. The molecule has 0 bridgehead atoms. The molecule has 0 N–H and O–H groups in total. The van der Waals surface area contributed by atoms with E-state index < -0.39 is 0 Å². The molecule has 2 aliphatic rings. The number of hydrogen-bond acceptors (Lipinski definition) is 1. The quantitative estimate of drug-likeness (QED) is 0.253. The first-order valence-corrected chi connectivity index (χ1v) is 12.0. The second-order valence-corrected chi connectivity index (χ2v) is 10.5. The molecule has 1 heterocycles. The predicted octanol–water partition coefficient (Wildman–Crippen LogP) is 8.94. The van der Waals surface area contributed by atoms with Crippen molar-refractivity contribution < 1.29 is 0 Å². The van der Waals surface area contributed by atoms with E-state index in [2.05, 4.69) is 111 Å². The maximum absolute atomic E-state index is 2.43. The van der Waals surface area contributed by atoms with Crippen LogP contribution in [0, 0.1) is 0 Å². The van der Waals surface area contributed by atoms with Crippen LogP contribution in [-0.2, 0) is 5.41 Å². The van der Waals surface area contributed by atoms with Crippen LogP contribution >= 0.6 is 11.8 Å². The van der Waals surface area contributed by atoms with Crippen LogP contribution in [0.2, 0.25) is 0 Å². The fraction of sp³-hybridized carbons (Fsp3) is 0.0968. The van der Waals surface area contributed by atoms with Crippen LogP contribution in [0.15, 0.2) is 107 Å². The highest BCUT2D eigenvalue weighted by molar-refractivity contribution is 7.99. The molecule has 0 amide bonds. The fourth-order valence-corrected chi connectivity index (χ4v) is 6.98. The lowest BCUT2D eigenvalue weighted by Crippen LogP contribution is -2.16. The normalized spacial score (nSPS) is 14.7. The van der Waals surface area contributed by atoms with E-state index in [-0.39, 0.29) is 5.41 Å². The Balaban J connectivity index is 1.55. The van der Waals surface area contributed by atoms with Gasteiger partial charge in [-0.15, -0.1) is 0 Å². The number of hydrogen-bond donors (Lipinski definition) is 0. The van der Waals surface area contributed by atoms with Gasteiger partial charge in [0.2, 0.25) is 0 Å². The van der Waals surface area contributed by atoms with Crippen LogP contribution in [0.5, 0.6) is 0 Å². The maximum atomic E-state index is 2.43. The molecular weight excluding hydrogens is 404 g/mol. The van der Waals surface area contributed by atoms with Crippen LogP contribution in [0.25, 0.3) is 44.2 Å². The summed E-state index contributed by atoms with van der Waals surface area (Å²) in [6, 6.07) is 36.1. The van der Waals surface area contributed by atoms with Crippen molar-refractivity contribution in [2.24, 2.45) is 0 Å². The van der Waals surface area contributed by atoms with Crippen LogP contribution in [0.4, 0.5) is 0 Å². The average molecular weight is 427 g/mol. The van der Waals surface area contributed by atoms with Gasteiger partial charge in [0.1, 0.15) is 0 Å². The topological polar surface area (TPSA) is 0 Å². The van der Waals surface area contributed by atoms with Gasteiger partial charge in [0, 0.05) is 20.6 Å². The molecule has 0 atom stereocenters. The summed E-state index contributed by atoms with van der Waals surface area (Å²) < 4.78 is 0. The van der Waals surface area contributed by atoms with Crippen LogP contribution in [0.3, 0.4) is 0 Å². The van der Waals surface area contributed by atoms with Crippen molar-refractivity contribution in [3.8, 4) is 33.4 Å². The van der Waals surface area contributed by atoms with Crippen molar-refractivity contribution in [2.75, 3.05) is 0 Å². The van der Waals surface area contributed by atoms with Gasteiger partial charge < -0.3 is 0 Å². The molecule has 7 rings (SSSR count). The molecule has 5 aromatic carbocycles. The summed E-state index contributed by atoms with van der Waals surface area (Å²) in [6.07, 6.45) is 0. The molecule has 1 heteroatoms. The summed E-state index contributed by atoms with van der Waals surface area (Å²) in [5.74, 6) is 0. The van der Waals surface area contributed by atoms with E-state index in [9.17, 15) is 0 Å². The zero-order valence-electron chi connectivity index (χ0n) is 18.1. The number of fused-ring (bicyclic) bond motifs is 5. The highest BCUT2D eigenvalue weighted by atomic mass is 32.2. The highest BCUT2D eigenvalue weighted by Crippen LogP contribution is 2.54. The Bertz CT molecular complexity index is 1570. The third kappa shape index (κ3) is 2.35. The monoisotopic (exact) mass is 426 g/mol. The second kappa shape index (κ2) is 6.37. The Morgan fingerprint density at radius 3 is 2.16 bits per heavy atom. The molecule has 0 nitrogen and oxygen atoms in total. The Labute approximate surface area is 192 Å². The summed E-state index contributed by atoms with van der Waals surface area (Å²) in [6.45, 7) is 4.74.